The Kier molecular flexibility index (Phi) is 8.26. The van der Waals surface area contributed by atoms with Crippen LogP contribution in [-0.2, 0) is 16.6 Å². The highest BCUT2D eigenvalue weighted by atomic mass is 32.2. The normalized spacial score (nSPS) is 11.3. The second-order valence-electron chi connectivity index (χ2n) is 7.34. The summed E-state index contributed by atoms with van der Waals surface area (Å²) in [6, 6.07) is 20.9. The van der Waals surface area contributed by atoms with Crippen molar-refractivity contribution in [2.24, 2.45) is 5.10 Å². The zero-order valence-electron chi connectivity index (χ0n) is 19.3. The molecule has 8 nitrogen and oxygen atoms in total. The first-order valence-electron chi connectivity index (χ1n) is 10.6. The molecule has 3 rings (SSSR count). The lowest BCUT2D eigenvalue weighted by Gasteiger charge is -2.22. The molecule has 0 aromatic heterocycles. The summed E-state index contributed by atoms with van der Waals surface area (Å²) in [7, 11) is -1.95. The zero-order chi connectivity index (χ0) is 24.6. The number of benzene rings is 3. The van der Waals surface area contributed by atoms with E-state index in [1.54, 1.807) is 49.6 Å². The molecule has 3 aromatic carbocycles. The first-order valence-corrected chi connectivity index (χ1v) is 12.4. The molecule has 0 saturated carbocycles. The maximum absolute atomic E-state index is 12.5. The van der Waals surface area contributed by atoms with Crippen LogP contribution in [0.4, 0.5) is 5.69 Å². The minimum atomic E-state index is -3.52. The Morgan fingerprint density at radius 2 is 1.74 bits per heavy atom. The molecule has 178 valence electrons. The summed E-state index contributed by atoms with van der Waals surface area (Å²) in [5.41, 5.74) is 4.87. The standard InChI is InChI=1S/C25H27N3O5S/c1-4-33-24-16-20(10-15-23(24)32-2)17-26-27-25(29)21-11-13-22(14-12-21)28(34(3,30)31)18-19-8-6-5-7-9-19/h5-17H,4,18H2,1-3H3,(H,27,29)/b26-17-. The summed E-state index contributed by atoms with van der Waals surface area (Å²) in [5, 5.41) is 4.00. The molecule has 0 aliphatic heterocycles. The molecule has 0 aliphatic carbocycles. The maximum atomic E-state index is 12.5. The predicted molar refractivity (Wildman–Crippen MR) is 133 cm³/mol. The summed E-state index contributed by atoms with van der Waals surface area (Å²) >= 11 is 0. The second kappa shape index (κ2) is 11.3. The molecule has 1 N–H and O–H groups in total. The SMILES string of the molecule is CCOc1cc(/C=N\NC(=O)c2ccc(N(Cc3ccccc3)S(C)(=O)=O)cc2)ccc1OC. The number of anilines is 1. The molecule has 0 fully saturated rings. The number of nitrogens with zero attached hydrogens (tertiary/aromatic N) is 2. The summed E-state index contributed by atoms with van der Waals surface area (Å²) in [4.78, 5) is 12.5. The van der Waals surface area contributed by atoms with E-state index in [-0.39, 0.29) is 6.54 Å². The zero-order valence-corrected chi connectivity index (χ0v) is 20.1. The van der Waals surface area contributed by atoms with Gasteiger partial charge in [0.05, 0.1) is 38.4 Å². The number of ether oxygens (including phenoxy) is 2. The molecule has 0 spiro atoms. The van der Waals surface area contributed by atoms with Gasteiger partial charge in [-0.25, -0.2) is 13.8 Å². The smallest absolute Gasteiger partial charge is 0.271 e. The number of carbonyl (C=O) groups is 1. The molecular formula is C25H27N3O5S. The third-order valence-corrected chi connectivity index (χ3v) is 5.99. The average Bonchev–Trinajstić information content (AvgIpc) is 2.83. The van der Waals surface area contributed by atoms with Crippen LogP contribution in [-0.4, -0.2) is 40.5 Å². The van der Waals surface area contributed by atoms with E-state index in [1.807, 2.05) is 37.3 Å². The van der Waals surface area contributed by atoms with Gasteiger partial charge >= 0.3 is 0 Å². The number of sulfonamides is 1. The maximum Gasteiger partial charge on any atom is 0.271 e. The van der Waals surface area contributed by atoms with Gasteiger partial charge in [-0.15, -0.1) is 0 Å². The van der Waals surface area contributed by atoms with Gasteiger partial charge in [-0.2, -0.15) is 5.10 Å². The van der Waals surface area contributed by atoms with Crippen molar-refractivity contribution < 1.29 is 22.7 Å². The van der Waals surface area contributed by atoms with E-state index in [1.165, 1.54) is 10.5 Å². The largest absolute Gasteiger partial charge is 0.493 e. The number of hydrazone groups is 1. The highest BCUT2D eigenvalue weighted by Crippen LogP contribution is 2.27. The van der Waals surface area contributed by atoms with E-state index in [9.17, 15) is 13.2 Å². The first-order chi connectivity index (χ1) is 16.3. The highest BCUT2D eigenvalue weighted by Gasteiger charge is 2.18. The Balaban J connectivity index is 1.69. The topological polar surface area (TPSA) is 97.3 Å². The summed E-state index contributed by atoms with van der Waals surface area (Å²) < 4.78 is 36.8. The first kappa shape index (κ1) is 24.8. The number of carbonyl (C=O) groups excluding carboxylic acids is 1. The molecular weight excluding hydrogens is 454 g/mol. The van der Waals surface area contributed by atoms with E-state index in [0.29, 0.717) is 29.4 Å². The molecule has 3 aromatic rings. The van der Waals surface area contributed by atoms with Crippen molar-refractivity contribution in [2.75, 3.05) is 24.3 Å². The predicted octanol–water partition coefficient (Wildman–Crippen LogP) is 3.82. The lowest BCUT2D eigenvalue weighted by atomic mass is 10.2. The Labute approximate surface area is 199 Å². The van der Waals surface area contributed by atoms with Gasteiger partial charge in [0, 0.05) is 5.56 Å². The molecule has 1 amide bonds. The molecule has 0 saturated heterocycles. The van der Waals surface area contributed by atoms with Crippen LogP contribution in [0.5, 0.6) is 11.5 Å². The third-order valence-electron chi connectivity index (χ3n) is 4.85. The van der Waals surface area contributed by atoms with Crippen LogP contribution in [0.15, 0.2) is 77.9 Å². The van der Waals surface area contributed by atoms with Crippen molar-refractivity contribution in [1.82, 2.24) is 5.43 Å². The second-order valence-corrected chi connectivity index (χ2v) is 9.25. The van der Waals surface area contributed by atoms with Gasteiger partial charge in [-0.1, -0.05) is 30.3 Å². The number of nitrogens with one attached hydrogen (secondary N) is 1. The quantitative estimate of drug-likeness (QED) is 0.351. The Hall–Kier alpha value is -3.85. The van der Waals surface area contributed by atoms with Gasteiger partial charge in [0.15, 0.2) is 11.5 Å². The van der Waals surface area contributed by atoms with Crippen LogP contribution < -0.4 is 19.2 Å². The Morgan fingerprint density at radius 3 is 2.35 bits per heavy atom. The highest BCUT2D eigenvalue weighted by molar-refractivity contribution is 7.92. The number of rotatable bonds is 10. The van der Waals surface area contributed by atoms with Crippen molar-refractivity contribution in [2.45, 2.75) is 13.5 Å². The van der Waals surface area contributed by atoms with Crippen molar-refractivity contribution in [3.63, 3.8) is 0 Å². The minimum Gasteiger partial charge on any atom is -0.493 e. The van der Waals surface area contributed by atoms with Gasteiger partial charge in [0.1, 0.15) is 0 Å². The van der Waals surface area contributed by atoms with Crippen molar-refractivity contribution in [1.29, 1.82) is 0 Å². The lowest BCUT2D eigenvalue weighted by molar-refractivity contribution is 0.0955. The van der Waals surface area contributed by atoms with Crippen LogP contribution >= 0.6 is 0 Å². The van der Waals surface area contributed by atoms with Crippen LogP contribution in [0, 0.1) is 0 Å². The van der Waals surface area contributed by atoms with Crippen LogP contribution in [0.25, 0.3) is 0 Å². The summed E-state index contributed by atoms with van der Waals surface area (Å²) in [5.74, 6) is 0.774. The number of hydrogen-bond donors (Lipinski definition) is 1. The Morgan fingerprint density at radius 1 is 1.03 bits per heavy atom. The molecule has 0 radical (unpaired) electrons. The van der Waals surface area contributed by atoms with Gasteiger partial charge in [0.25, 0.3) is 5.91 Å². The molecule has 0 aliphatic rings. The fourth-order valence-electron chi connectivity index (χ4n) is 3.20. The summed E-state index contributed by atoms with van der Waals surface area (Å²) in [6.07, 6.45) is 2.65. The summed E-state index contributed by atoms with van der Waals surface area (Å²) in [6.45, 7) is 2.56. The van der Waals surface area contributed by atoms with E-state index in [4.69, 9.17) is 9.47 Å². The molecule has 0 bridgehead atoms. The fraction of sp³-hybridized carbons (Fsp3) is 0.200. The van der Waals surface area contributed by atoms with Crippen molar-refractivity contribution >= 4 is 27.8 Å². The van der Waals surface area contributed by atoms with E-state index in [2.05, 4.69) is 10.5 Å². The number of amides is 1. The van der Waals surface area contributed by atoms with Gasteiger partial charge in [0.2, 0.25) is 10.0 Å². The minimum absolute atomic E-state index is 0.196. The monoisotopic (exact) mass is 481 g/mol. The van der Waals surface area contributed by atoms with E-state index >= 15 is 0 Å². The van der Waals surface area contributed by atoms with Crippen molar-refractivity contribution in [3.8, 4) is 11.5 Å². The van der Waals surface area contributed by atoms with E-state index in [0.717, 1.165) is 17.4 Å². The van der Waals surface area contributed by atoms with Crippen LogP contribution in [0.3, 0.4) is 0 Å². The lowest BCUT2D eigenvalue weighted by Crippen LogP contribution is -2.29. The van der Waals surface area contributed by atoms with Crippen LogP contribution in [0.1, 0.15) is 28.4 Å². The molecule has 0 unspecified atom stereocenters. The van der Waals surface area contributed by atoms with Gasteiger partial charge in [-0.05, 0) is 60.5 Å². The van der Waals surface area contributed by atoms with E-state index < -0.39 is 15.9 Å². The molecule has 0 atom stereocenters. The Bertz CT molecular complexity index is 1240. The average molecular weight is 482 g/mol. The number of methoxy groups -OCH3 is 1. The molecule has 9 heteroatoms. The van der Waals surface area contributed by atoms with Crippen LogP contribution in [0.2, 0.25) is 0 Å². The number of hydrogen-bond acceptors (Lipinski definition) is 6. The molecule has 34 heavy (non-hydrogen) atoms. The van der Waals surface area contributed by atoms with Crippen molar-refractivity contribution in [3.05, 3.63) is 89.5 Å². The molecule has 0 heterocycles. The van der Waals surface area contributed by atoms with Gasteiger partial charge in [-0.3, -0.25) is 9.10 Å². The van der Waals surface area contributed by atoms with Gasteiger partial charge < -0.3 is 9.47 Å². The fourth-order valence-corrected chi connectivity index (χ4v) is 4.09. The third kappa shape index (κ3) is 6.58.